The molecule has 0 radical (unpaired) electrons. The Hall–Kier alpha value is -1.83. The molecule has 1 saturated carbocycles. The molecule has 2 saturated heterocycles. The molecule has 1 aliphatic carbocycles. The van der Waals surface area contributed by atoms with E-state index in [1.807, 2.05) is 56.3 Å². The Balaban J connectivity index is 1.47. The lowest BCUT2D eigenvalue weighted by Gasteiger charge is -2.52. The Kier molecular flexibility index (Phi) is 6.58. The fraction of sp³-hybridized carbons (Fsp3) is 0.536. The molecule has 6 nitrogen and oxygen atoms in total. The van der Waals surface area contributed by atoms with E-state index in [0.29, 0.717) is 41.9 Å². The minimum atomic E-state index is -0.777. The summed E-state index contributed by atoms with van der Waals surface area (Å²) >= 11 is 13.1. The van der Waals surface area contributed by atoms with Crippen LogP contribution in [0, 0.1) is 11.3 Å². The molecule has 0 spiro atoms. The van der Waals surface area contributed by atoms with Crippen LogP contribution in [0.3, 0.4) is 0 Å². The van der Waals surface area contributed by atoms with Crippen molar-refractivity contribution in [1.82, 2.24) is 5.32 Å². The topological polar surface area (TPSA) is 82.8 Å². The first kappa shape index (κ1) is 25.8. The molecule has 2 heterocycles. The maximum atomic E-state index is 13.0. The first-order valence-corrected chi connectivity index (χ1v) is 13.3. The number of ether oxygens (including phenoxy) is 3. The van der Waals surface area contributed by atoms with Crippen molar-refractivity contribution in [1.29, 1.82) is 0 Å². The lowest BCUT2D eigenvalue weighted by atomic mass is 9.53. The highest BCUT2D eigenvalue weighted by Crippen LogP contribution is 2.60. The summed E-state index contributed by atoms with van der Waals surface area (Å²) < 4.78 is 17.4. The predicted octanol–water partition coefficient (Wildman–Crippen LogP) is 5.40. The number of fused-ring (bicyclic) bond motifs is 1. The Morgan fingerprint density at radius 3 is 2.47 bits per heavy atom. The van der Waals surface area contributed by atoms with Crippen LogP contribution in [-0.2, 0) is 19.8 Å². The second kappa shape index (κ2) is 9.17. The van der Waals surface area contributed by atoms with E-state index < -0.39 is 16.7 Å². The molecule has 0 unspecified atom stereocenters. The number of rotatable bonds is 5. The van der Waals surface area contributed by atoms with E-state index in [-0.39, 0.29) is 29.9 Å². The quantitative estimate of drug-likeness (QED) is 0.538. The predicted molar refractivity (Wildman–Crippen MR) is 140 cm³/mol. The van der Waals surface area contributed by atoms with E-state index in [9.17, 15) is 4.79 Å². The Morgan fingerprint density at radius 2 is 1.83 bits per heavy atom. The third-order valence-corrected chi connectivity index (χ3v) is 8.86. The zero-order valence-electron chi connectivity index (χ0n) is 21.1. The highest BCUT2D eigenvalue weighted by atomic mass is 35.5. The van der Waals surface area contributed by atoms with Crippen LogP contribution in [0.5, 0.6) is 5.75 Å². The summed E-state index contributed by atoms with van der Waals surface area (Å²) in [5.41, 5.74) is 7.97. The zero-order valence-corrected chi connectivity index (χ0v) is 22.7. The maximum absolute atomic E-state index is 13.0. The fourth-order valence-electron chi connectivity index (χ4n) is 6.52. The largest absolute Gasteiger partial charge is 0.491 e. The molecular weight excluding hydrogens is 499 g/mol. The highest BCUT2D eigenvalue weighted by Gasteiger charge is 2.61. The molecule has 8 heteroatoms. The number of amides is 1. The smallest absolute Gasteiger partial charge is 0.226 e. The molecule has 0 bridgehead atoms. The van der Waals surface area contributed by atoms with Gasteiger partial charge in [0.15, 0.2) is 5.79 Å². The molecule has 194 valence electrons. The van der Waals surface area contributed by atoms with E-state index in [4.69, 9.17) is 43.1 Å². The summed E-state index contributed by atoms with van der Waals surface area (Å²) in [5.74, 6) is 0.00619. The van der Waals surface area contributed by atoms with Gasteiger partial charge in [-0.3, -0.25) is 4.79 Å². The second-order valence-corrected chi connectivity index (χ2v) is 12.0. The van der Waals surface area contributed by atoms with Crippen molar-refractivity contribution in [3.8, 4) is 5.75 Å². The molecule has 36 heavy (non-hydrogen) atoms. The highest BCUT2D eigenvalue weighted by molar-refractivity contribution is 6.31. The Labute approximate surface area is 222 Å². The minimum Gasteiger partial charge on any atom is -0.491 e. The van der Waals surface area contributed by atoms with Crippen LogP contribution in [0.1, 0.15) is 57.6 Å². The van der Waals surface area contributed by atoms with Crippen molar-refractivity contribution in [2.45, 2.75) is 69.9 Å². The van der Waals surface area contributed by atoms with Gasteiger partial charge in [0.1, 0.15) is 18.5 Å². The van der Waals surface area contributed by atoms with Gasteiger partial charge in [0, 0.05) is 33.5 Å². The summed E-state index contributed by atoms with van der Waals surface area (Å²) in [6, 6.07) is 13.5. The summed E-state index contributed by atoms with van der Waals surface area (Å²) in [4.78, 5) is 13.0. The van der Waals surface area contributed by atoms with Gasteiger partial charge in [0.2, 0.25) is 5.91 Å². The molecule has 3 aliphatic rings. The normalized spacial score (nSPS) is 35.4. The number of benzene rings is 2. The van der Waals surface area contributed by atoms with Crippen LogP contribution < -0.4 is 15.8 Å². The SMILES string of the molecule is C[C@H]1NC(=O)[C@]2(C)CC[C@@](N)(c3ccc(OC[C@@H]4COC(C)(C)O4)cc3Cl)[C@H](c3ccc(Cl)cc3)[C@H]12. The number of carbonyl (C=O) groups excluding carboxylic acids is 1. The van der Waals surface area contributed by atoms with Crippen LogP contribution in [-0.4, -0.2) is 37.1 Å². The number of halogens is 2. The fourth-order valence-corrected chi connectivity index (χ4v) is 6.99. The van der Waals surface area contributed by atoms with Gasteiger partial charge < -0.3 is 25.3 Å². The number of hydrogen-bond donors (Lipinski definition) is 2. The van der Waals surface area contributed by atoms with Gasteiger partial charge in [-0.15, -0.1) is 0 Å². The number of nitrogens with one attached hydrogen (secondary N) is 1. The van der Waals surface area contributed by atoms with Crippen molar-refractivity contribution in [2.75, 3.05) is 13.2 Å². The van der Waals surface area contributed by atoms with Crippen LogP contribution in [0.4, 0.5) is 0 Å². The molecule has 5 rings (SSSR count). The van der Waals surface area contributed by atoms with Gasteiger partial charge in [0.25, 0.3) is 0 Å². The van der Waals surface area contributed by atoms with Gasteiger partial charge in [-0.1, -0.05) is 48.3 Å². The number of nitrogens with two attached hydrogens (primary N) is 1. The number of carbonyl (C=O) groups is 1. The third-order valence-electron chi connectivity index (χ3n) is 8.30. The molecule has 3 fully saturated rings. The van der Waals surface area contributed by atoms with Crippen molar-refractivity contribution >= 4 is 29.1 Å². The molecule has 2 aromatic rings. The van der Waals surface area contributed by atoms with Gasteiger partial charge in [-0.2, -0.15) is 0 Å². The zero-order chi connectivity index (χ0) is 25.9. The van der Waals surface area contributed by atoms with Gasteiger partial charge in [-0.05, 0) is 69.0 Å². The standard InChI is InChI=1S/C28H34Cl2N2O4/c1-16-23-24(17-5-7-18(29)8-6-17)28(31,12-11-27(23,4)25(33)32-16)21-10-9-19(13-22(21)30)34-14-20-15-35-26(2,3)36-20/h5-10,13,16,20,23-24H,11-12,14-15,31H2,1-4H3,(H,32,33)/t16-,20-,23+,24-,27-,28-/m1/s1. The van der Waals surface area contributed by atoms with Gasteiger partial charge >= 0.3 is 0 Å². The monoisotopic (exact) mass is 532 g/mol. The van der Waals surface area contributed by atoms with Crippen molar-refractivity contribution in [3.05, 3.63) is 63.6 Å². The van der Waals surface area contributed by atoms with Gasteiger partial charge in [-0.25, -0.2) is 0 Å². The minimum absolute atomic E-state index is 0.000196. The molecule has 2 aromatic carbocycles. The van der Waals surface area contributed by atoms with E-state index in [2.05, 4.69) is 19.2 Å². The molecule has 1 amide bonds. The molecule has 2 aliphatic heterocycles. The van der Waals surface area contributed by atoms with Crippen LogP contribution >= 0.6 is 23.2 Å². The Bertz CT molecular complexity index is 1160. The van der Waals surface area contributed by atoms with Crippen molar-refractivity contribution < 1.29 is 19.0 Å². The lowest BCUT2D eigenvalue weighted by Crippen LogP contribution is -2.55. The molecular formula is C28H34Cl2N2O4. The summed E-state index contributed by atoms with van der Waals surface area (Å²) in [7, 11) is 0. The van der Waals surface area contributed by atoms with Crippen molar-refractivity contribution in [3.63, 3.8) is 0 Å². The van der Waals surface area contributed by atoms with Crippen LogP contribution in [0.15, 0.2) is 42.5 Å². The van der Waals surface area contributed by atoms with Gasteiger partial charge in [0.05, 0.1) is 12.0 Å². The average Bonchev–Trinajstić information content (AvgIpc) is 3.28. The Morgan fingerprint density at radius 1 is 1.11 bits per heavy atom. The average molecular weight is 533 g/mol. The van der Waals surface area contributed by atoms with Crippen molar-refractivity contribution in [2.24, 2.45) is 17.1 Å². The first-order chi connectivity index (χ1) is 16.9. The van der Waals surface area contributed by atoms with Crippen LogP contribution in [0.2, 0.25) is 10.0 Å². The second-order valence-electron chi connectivity index (χ2n) is 11.2. The van der Waals surface area contributed by atoms with E-state index in [0.717, 1.165) is 11.1 Å². The van der Waals surface area contributed by atoms with E-state index >= 15 is 0 Å². The molecule has 3 N–H and O–H groups in total. The molecule has 6 atom stereocenters. The van der Waals surface area contributed by atoms with E-state index in [1.165, 1.54) is 0 Å². The lowest BCUT2D eigenvalue weighted by molar-refractivity contribution is -0.141. The third kappa shape index (κ3) is 4.41. The first-order valence-electron chi connectivity index (χ1n) is 12.5. The molecule has 0 aromatic heterocycles. The number of hydrogen-bond acceptors (Lipinski definition) is 5. The summed E-state index contributed by atoms with van der Waals surface area (Å²) in [5, 5.41) is 4.38. The maximum Gasteiger partial charge on any atom is 0.226 e. The summed E-state index contributed by atoms with van der Waals surface area (Å²) in [6.07, 6.45) is 1.16. The summed E-state index contributed by atoms with van der Waals surface area (Å²) in [6.45, 7) is 8.76. The van der Waals surface area contributed by atoms with Crippen LogP contribution in [0.25, 0.3) is 0 Å². The van der Waals surface area contributed by atoms with E-state index in [1.54, 1.807) is 0 Å².